The van der Waals surface area contributed by atoms with Crippen molar-refractivity contribution in [3.8, 4) is 16.9 Å². The Morgan fingerprint density at radius 2 is 1.84 bits per heavy atom. The topological polar surface area (TPSA) is 94.4 Å². The number of aryl methyl sites for hydroxylation is 2. The fraction of sp³-hybridized carbons (Fsp3) is 0.130. The molecule has 154 valence electrons. The molecule has 0 saturated heterocycles. The lowest BCUT2D eigenvalue weighted by molar-refractivity contribution is -0.137. The summed E-state index contributed by atoms with van der Waals surface area (Å²) in [6.07, 6.45) is 5.31. The van der Waals surface area contributed by atoms with Gasteiger partial charge in [0.2, 0.25) is 0 Å². The maximum atomic E-state index is 13.2. The Morgan fingerprint density at radius 1 is 1.03 bits per heavy atom. The van der Waals surface area contributed by atoms with Gasteiger partial charge in [-0.1, -0.05) is 18.2 Å². The summed E-state index contributed by atoms with van der Waals surface area (Å²) < 4.78 is 4.62. The predicted molar refractivity (Wildman–Crippen MR) is 117 cm³/mol. The van der Waals surface area contributed by atoms with Gasteiger partial charge in [-0.3, -0.25) is 18.9 Å². The van der Waals surface area contributed by atoms with Crippen LogP contribution in [0.3, 0.4) is 0 Å². The van der Waals surface area contributed by atoms with Crippen molar-refractivity contribution in [1.82, 2.24) is 23.7 Å². The third kappa shape index (κ3) is 2.92. The Labute approximate surface area is 176 Å². The second-order valence-corrected chi connectivity index (χ2v) is 7.49. The number of benzene rings is 1. The molecule has 0 spiro atoms. The molecule has 5 aromatic rings. The van der Waals surface area contributed by atoms with Crippen LogP contribution in [0.2, 0.25) is 0 Å². The van der Waals surface area contributed by atoms with E-state index >= 15 is 0 Å². The lowest BCUT2D eigenvalue weighted by Crippen LogP contribution is -2.26. The number of para-hydroxylation sites is 1. The molecule has 0 atom stereocenters. The predicted octanol–water partition coefficient (Wildman–Crippen LogP) is 3.20. The minimum atomic E-state index is -1.07. The maximum Gasteiger partial charge on any atom is 0.334 e. The molecule has 8 heteroatoms. The number of rotatable bonds is 4. The molecule has 5 rings (SSSR count). The molecule has 0 unspecified atom stereocenters. The quantitative estimate of drug-likeness (QED) is 0.488. The summed E-state index contributed by atoms with van der Waals surface area (Å²) in [5.41, 5.74) is 5.79. The van der Waals surface area contributed by atoms with Gasteiger partial charge in [0.05, 0.1) is 40.3 Å². The van der Waals surface area contributed by atoms with Crippen LogP contribution in [-0.4, -0.2) is 34.8 Å². The Hall–Kier alpha value is -4.20. The largest absolute Gasteiger partial charge is 0.480 e. The molecule has 0 aliphatic heterocycles. The first-order chi connectivity index (χ1) is 15.0. The van der Waals surface area contributed by atoms with E-state index in [0.717, 1.165) is 27.9 Å². The molecule has 4 heterocycles. The molecule has 1 N–H and O–H groups in total. The third-order valence-electron chi connectivity index (χ3n) is 5.47. The first-order valence-corrected chi connectivity index (χ1v) is 9.78. The molecular weight excluding hydrogens is 394 g/mol. The van der Waals surface area contributed by atoms with Crippen LogP contribution in [0.5, 0.6) is 0 Å². The van der Waals surface area contributed by atoms with Crippen LogP contribution in [0.1, 0.15) is 11.1 Å². The third-order valence-corrected chi connectivity index (χ3v) is 5.47. The lowest BCUT2D eigenvalue weighted by Gasteiger charge is -2.10. The van der Waals surface area contributed by atoms with Gasteiger partial charge >= 0.3 is 11.7 Å². The van der Waals surface area contributed by atoms with E-state index in [4.69, 9.17) is 0 Å². The Morgan fingerprint density at radius 3 is 2.61 bits per heavy atom. The monoisotopic (exact) mass is 413 g/mol. The molecule has 0 aliphatic carbocycles. The van der Waals surface area contributed by atoms with Gasteiger partial charge in [-0.15, -0.1) is 0 Å². The van der Waals surface area contributed by atoms with Crippen molar-refractivity contribution in [3.05, 3.63) is 82.7 Å². The van der Waals surface area contributed by atoms with Gasteiger partial charge in [0, 0.05) is 11.8 Å². The van der Waals surface area contributed by atoms with Gasteiger partial charge in [0.1, 0.15) is 6.54 Å². The van der Waals surface area contributed by atoms with Gasteiger partial charge in [-0.2, -0.15) is 5.10 Å². The average molecular weight is 413 g/mol. The van der Waals surface area contributed by atoms with E-state index in [1.807, 2.05) is 56.4 Å². The van der Waals surface area contributed by atoms with E-state index in [9.17, 15) is 14.7 Å². The van der Waals surface area contributed by atoms with E-state index in [1.54, 1.807) is 27.5 Å². The van der Waals surface area contributed by atoms with E-state index in [-0.39, 0.29) is 0 Å². The fourth-order valence-corrected chi connectivity index (χ4v) is 4.05. The number of pyridine rings is 2. The molecule has 31 heavy (non-hydrogen) atoms. The van der Waals surface area contributed by atoms with Crippen molar-refractivity contribution in [2.75, 3.05) is 0 Å². The average Bonchev–Trinajstić information content (AvgIpc) is 3.29. The molecule has 8 nitrogen and oxygen atoms in total. The van der Waals surface area contributed by atoms with Crippen molar-refractivity contribution in [2.45, 2.75) is 20.4 Å². The second kappa shape index (κ2) is 6.94. The normalized spacial score (nSPS) is 11.4. The zero-order chi connectivity index (χ0) is 21.7. The van der Waals surface area contributed by atoms with Crippen molar-refractivity contribution >= 4 is 22.5 Å². The number of aliphatic carboxylic acids is 1. The Balaban J connectivity index is 1.72. The number of hydrogen-bond acceptors (Lipinski definition) is 4. The number of hydrogen-bond donors (Lipinski definition) is 1. The molecule has 0 radical (unpaired) electrons. The van der Waals surface area contributed by atoms with Crippen LogP contribution >= 0.6 is 0 Å². The summed E-state index contributed by atoms with van der Waals surface area (Å²) >= 11 is 0. The molecule has 1 aromatic carbocycles. The first-order valence-electron chi connectivity index (χ1n) is 9.78. The van der Waals surface area contributed by atoms with Crippen LogP contribution in [0.4, 0.5) is 0 Å². The van der Waals surface area contributed by atoms with Gasteiger partial charge < -0.3 is 5.11 Å². The summed E-state index contributed by atoms with van der Waals surface area (Å²) in [5.74, 6) is -1.07. The van der Waals surface area contributed by atoms with Gasteiger partial charge in [0.15, 0.2) is 0 Å². The van der Waals surface area contributed by atoms with Gasteiger partial charge in [-0.25, -0.2) is 9.31 Å². The van der Waals surface area contributed by atoms with Crippen molar-refractivity contribution in [3.63, 3.8) is 0 Å². The Kier molecular flexibility index (Phi) is 4.21. The molecule has 4 aromatic heterocycles. The smallest absolute Gasteiger partial charge is 0.334 e. The zero-order valence-electron chi connectivity index (χ0n) is 17.0. The van der Waals surface area contributed by atoms with Crippen LogP contribution < -0.4 is 5.69 Å². The van der Waals surface area contributed by atoms with Crippen LogP contribution in [-0.2, 0) is 11.3 Å². The number of imidazole rings is 1. The minimum absolute atomic E-state index is 0.402. The van der Waals surface area contributed by atoms with E-state index in [2.05, 4.69) is 10.1 Å². The van der Waals surface area contributed by atoms with Gasteiger partial charge in [-0.05, 0) is 49.2 Å². The summed E-state index contributed by atoms with van der Waals surface area (Å²) in [4.78, 5) is 29.2. The fourth-order valence-electron chi connectivity index (χ4n) is 4.05. The second-order valence-electron chi connectivity index (χ2n) is 7.49. The number of fused-ring (bicyclic) bond motifs is 2. The highest BCUT2D eigenvalue weighted by Crippen LogP contribution is 2.27. The molecule has 0 saturated carbocycles. The van der Waals surface area contributed by atoms with Crippen molar-refractivity contribution in [1.29, 1.82) is 0 Å². The van der Waals surface area contributed by atoms with E-state index in [1.165, 1.54) is 4.57 Å². The molecular formula is C23H19N5O3. The van der Waals surface area contributed by atoms with Crippen molar-refractivity contribution in [2.24, 2.45) is 0 Å². The van der Waals surface area contributed by atoms with E-state index in [0.29, 0.717) is 16.7 Å². The summed E-state index contributed by atoms with van der Waals surface area (Å²) in [5, 5.41) is 13.7. The number of aromatic nitrogens is 5. The SMILES string of the molecule is Cc1cc(-c2cnn3ccccc23)ncc1-n1c(=O)n(CC(=O)O)c2cccc(C)c21. The number of carboxylic acid groups (broad SMARTS) is 1. The van der Waals surface area contributed by atoms with Crippen LogP contribution in [0.15, 0.2) is 65.8 Å². The van der Waals surface area contributed by atoms with Crippen molar-refractivity contribution < 1.29 is 9.90 Å². The van der Waals surface area contributed by atoms with Crippen LogP contribution in [0, 0.1) is 13.8 Å². The first kappa shape index (κ1) is 18.8. The molecule has 0 bridgehead atoms. The molecule has 0 aliphatic rings. The number of carbonyl (C=O) groups is 1. The highest BCUT2D eigenvalue weighted by Gasteiger charge is 2.20. The van der Waals surface area contributed by atoms with Crippen LogP contribution in [0.25, 0.3) is 33.5 Å². The minimum Gasteiger partial charge on any atom is -0.480 e. The van der Waals surface area contributed by atoms with E-state index < -0.39 is 18.2 Å². The summed E-state index contributed by atoms with van der Waals surface area (Å²) in [6, 6.07) is 13.2. The zero-order valence-corrected chi connectivity index (χ0v) is 17.0. The summed E-state index contributed by atoms with van der Waals surface area (Å²) in [7, 11) is 0. The lowest BCUT2D eigenvalue weighted by atomic mass is 10.1. The van der Waals surface area contributed by atoms with Gasteiger partial charge in [0.25, 0.3) is 0 Å². The molecule has 0 amide bonds. The highest BCUT2D eigenvalue weighted by molar-refractivity contribution is 5.84. The maximum absolute atomic E-state index is 13.2. The standard InChI is InChI=1S/C23H19N5O3/c1-14-6-5-8-19-22(14)28(23(31)26(19)13-21(29)30)20-12-24-17(10-15(20)2)16-11-25-27-9-4-3-7-18(16)27/h3-12H,13H2,1-2H3,(H,29,30). The summed E-state index contributed by atoms with van der Waals surface area (Å²) in [6.45, 7) is 3.41. The highest BCUT2D eigenvalue weighted by atomic mass is 16.4. The number of carboxylic acids is 1. The molecule has 0 fully saturated rings. The number of nitrogens with zero attached hydrogens (tertiary/aromatic N) is 5. The Bertz CT molecular complexity index is 1540.